The molecule has 0 bridgehead atoms. The van der Waals surface area contributed by atoms with Crippen molar-refractivity contribution in [3.05, 3.63) is 76.2 Å². The molecule has 4 rings (SSSR count). The highest BCUT2D eigenvalue weighted by Gasteiger charge is 2.15. The zero-order chi connectivity index (χ0) is 17.9. The monoisotopic (exact) mass is 385 g/mol. The summed E-state index contributed by atoms with van der Waals surface area (Å²) in [6.07, 6.45) is 3.80. The maximum absolute atomic E-state index is 13.3. The first-order valence-electron chi connectivity index (χ1n) is 7.67. The summed E-state index contributed by atoms with van der Waals surface area (Å²) in [6, 6.07) is 9.99. The maximum Gasteiger partial charge on any atom is 0.276 e. The van der Waals surface area contributed by atoms with Crippen LogP contribution in [0.1, 0.15) is 20.9 Å². The second-order valence-electron chi connectivity index (χ2n) is 5.41. The highest BCUT2D eigenvalue weighted by Crippen LogP contribution is 2.25. The molecule has 130 valence electrons. The van der Waals surface area contributed by atoms with Crippen LogP contribution in [0.3, 0.4) is 0 Å². The number of thiazole rings is 2. The molecule has 3 heterocycles. The van der Waals surface area contributed by atoms with Gasteiger partial charge in [-0.1, -0.05) is 12.1 Å². The lowest BCUT2D eigenvalue weighted by Gasteiger charge is -1.99. The molecule has 0 saturated carbocycles. The van der Waals surface area contributed by atoms with Crippen LogP contribution in [0.2, 0.25) is 0 Å². The van der Waals surface area contributed by atoms with E-state index in [2.05, 4.69) is 15.3 Å². The van der Waals surface area contributed by atoms with Gasteiger partial charge in [0.25, 0.3) is 5.91 Å². The molecule has 1 aromatic carbocycles. The minimum absolute atomic E-state index is 0.267. The highest BCUT2D eigenvalue weighted by molar-refractivity contribution is 7.15. The van der Waals surface area contributed by atoms with Gasteiger partial charge in [-0.25, -0.2) is 14.4 Å². The number of furan rings is 1. The van der Waals surface area contributed by atoms with Crippen LogP contribution < -0.4 is 5.32 Å². The fourth-order valence-corrected chi connectivity index (χ4v) is 3.96. The number of benzene rings is 1. The summed E-state index contributed by atoms with van der Waals surface area (Å²) in [4.78, 5) is 21.7. The molecular formula is C18H12FN3O2S2. The molecule has 3 aromatic heterocycles. The second-order valence-corrected chi connectivity index (χ2v) is 7.38. The number of aromatic nitrogens is 2. The third-order valence-electron chi connectivity index (χ3n) is 3.51. The van der Waals surface area contributed by atoms with Gasteiger partial charge >= 0.3 is 0 Å². The van der Waals surface area contributed by atoms with E-state index in [1.165, 1.54) is 34.8 Å². The number of carbonyl (C=O) groups excluding carboxylic acids is 1. The maximum atomic E-state index is 13.3. The van der Waals surface area contributed by atoms with Gasteiger partial charge in [0, 0.05) is 22.9 Å². The standard InChI is InChI=1S/C18H12FN3O2S2/c19-12-4-1-3-11(7-12)8-13-9-20-18(26-13)22-16(23)14-10-25-17(21-14)15-5-2-6-24-15/h1-7,9-10H,8H2,(H,20,22,23). The van der Waals surface area contributed by atoms with Crippen molar-refractivity contribution < 1.29 is 13.6 Å². The van der Waals surface area contributed by atoms with Gasteiger partial charge in [0.1, 0.15) is 11.5 Å². The number of rotatable bonds is 5. The number of nitrogens with zero attached hydrogens (tertiary/aromatic N) is 2. The van der Waals surface area contributed by atoms with Crippen molar-refractivity contribution >= 4 is 33.7 Å². The van der Waals surface area contributed by atoms with Gasteiger partial charge < -0.3 is 4.42 Å². The lowest BCUT2D eigenvalue weighted by Crippen LogP contribution is -2.11. The number of carbonyl (C=O) groups is 1. The normalized spacial score (nSPS) is 10.8. The highest BCUT2D eigenvalue weighted by atomic mass is 32.1. The van der Waals surface area contributed by atoms with Gasteiger partial charge in [0.2, 0.25) is 0 Å². The fraction of sp³-hybridized carbons (Fsp3) is 0.0556. The Morgan fingerprint density at radius 3 is 3.00 bits per heavy atom. The first kappa shape index (κ1) is 16.6. The summed E-state index contributed by atoms with van der Waals surface area (Å²) >= 11 is 2.69. The lowest BCUT2D eigenvalue weighted by atomic mass is 10.1. The van der Waals surface area contributed by atoms with Crippen LogP contribution in [0.25, 0.3) is 10.8 Å². The van der Waals surface area contributed by atoms with E-state index in [-0.39, 0.29) is 11.7 Å². The molecule has 26 heavy (non-hydrogen) atoms. The summed E-state index contributed by atoms with van der Waals surface area (Å²) in [5.41, 5.74) is 1.16. The largest absolute Gasteiger partial charge is 0.462 e. The molecule has 0 fully saturated rings. The molecule has 5 nitrogen and oxygen atoms in total. The molecule has 4 aromatic rings. The van der Waals surface area contributed by atoms with E-state index >= 15 is 0 Å². The quantitative estimate of drug-likeness (QED) is 0.534. The Bertz CT molecular complexity index is 1040. The van der Waals surface area contributed by atoms with Crippen LogP contribution in [-0.2, 0) is 6.42 Å². The van der Waals surface area contributed by atoms with Crippen LogP contribution in [0, 0.1) is 5.82 Å². The Morgan fingerprint density at radius 2 is 2.19 bits per heavy atom. The van der Waals surface area contributed by atoms with Gasteiger partial charge in [-0.15, -0.1) is 22.7 Å². The number of anilines is 1. The fourth-order valence-electron chi connectivity index (χ4n) is 2.35. The summed E-state index contributed by atoms with van der Waals surface area (Å²) in [5, 5.41) is 5.54. The van der Waals surface area contributed by atoms with Crippen LogP contribution in [0.15, 0.2) is 58.7 Å². The van der Waals surface area contributed by atoms with Crippen molar-refractivity contribution in [1.82, 2.24) is 9.97 Å². The predicted molar refractivity (Wildman–Crippen MR) is 99.1 cm³/mol. The zero-order valence-corrected chi connectivity index (χ0v) is 14.9. The molecule has 1 amide bonds. The van der Waals surface area contributed by atoms with Crippen LogP contribution in [0.5, 0.6) is 0 Å². The van der Waals surface area contributed by atoms with Crippen LogP contribution in [0.4, 0.5) is 9.52 Å². The minimum Gasteiger partial charge on any atom is -0.462 e. The van der Waals surface area contributed by atoms with Crippen molar-refractivity contribution in [3.63, 3.8) is 0 Å². The van der Waals surface area contributed by atoms with Gasteiger partial charge in [-0.05, 0) is 29.8 Å². The second kappa shape index (κ2) is 7.19. The van der Waals surface area contributed by atoms with Gasteiger partial charge in [-0.2, -0.15) is 0 Å². The predicted octanol–water partition coefficient (Wildman–Crippen LogP) is 4.84. The zero-order valence-electron chi connectivity index (χ0n) is 13.3. The van der Waals surface area contributed by atoms with Crippen molar-refractivity contribution in [3.8, 4) is 10.8 Å². The Labute approximate surface area is 156 Å². The van der Waals surface area contributed by atoms with E-state index < -0.39 is 0 Å². The molecule has 0 saturated heterocycles. The summed E-state index contributed by atoms with van der Waals surface area (Å²) in [5.74, 6) is 0.0304. The van der Waals surface area contributed by atoms with Crippen molar-refractivity contribution in [1.29, 1.82) is 0 Å². The number of amides is 1. The van der Waals surface area contributed by atoms with Crippen molar-refractivity contribution in [2.75, 3.05) is 5.32 Å². The average Bonchev–Trinajstić information content (AvgIpc) is 3.36. The first-order valence-corrected chi connectivity index (χ1v) is 9.37. The summed E-state index contributed by atoms with van der Waals surface area (Å²) in [7, 11) is 0. The average molecular weight is 385 g/mol. The molecule has 1 N–H and O–H groups in total. The van der Waals surface area contributed by atoms with Gasteiger partial charge in [0.05, 0.1) is 6.26 Å². The SMILES string of the molecule is O=C(Nc1ncc(Cc2cccc(F)c2)s1)c1csc(-c2ccco2)n1. The van der Waals surface area contributed by atoms with E-state index in [1.807, 2.05) is 6.07 Å². The van der Waals surface area contributed by atoms with Gasteiger partial charge in [-0.3, -0.25) is 10.1 Å². The molecule has 0 spiro atoms. The molecule has 0 aliphatic rings. The molecular weight excluding hydrogens is 373 g/mol. The minimum atomic E-state index is -0.328. The molecule has 0 atom stereocenters. The van der Waals surface area contributed by atoms with E-state index in [0.29, 0.717) is 28.0 Å². The topological polar surface area (TPSA) is 68.0 Å². The summed E-state index contributed by atoms with van der Waals surface area (Å²) < 4.78 is 18.5. The van der Waals surface area contributed by atoms with Crippen LogP contribution >= 0.6 is 22.7 Å². The smallest absolute Gasteiger partial charge is 0.276 e. The number of halogens is 1. The van der Waals surface area contributed by atoms with E-state index in [1.54, 1.807) is 36.0 Å². The number of nitrogens with one attached hydrogen (secondary N) is 1. The Hall–Kier alpha value is -2.84. The van der Waals surface area contributed by atoms with Gasteiger partial charge in [0.15, 0.2) is 15.9 Å². The molecule has 8 heteroatoms. The Kier molecular flexibility index (Phi) is 4.59. The molecule has 0 unspecified atom stereocenters. The third-order valence-corrected chi connectivity index (χ3v) is 5.28. The van der Waals surface area contributed by atoms with E-state index in [0.717, 1.165) is 10.4 Å². The lowest BCUT2D eigenvalue weighted by molar-refractivity contribution is 0.102. The third kappa shape index (κ3) is 3.71. The van der Waals surface area contributed by atoms with Crippen molar-refractivity contribution in [2.24, 2.45) is 0 Å². The van der Waals surface area contributed by atoms with E-state index in [4.69, 9.17) is 4.42 Å². The first-order chi connectivity index (χ1) is 12.7. The van der Waals surface area contributed by atoms with E-state index in [9.17, 15) is 9.18 Å². The molecule has 0 aliphatic carbocycles. The van der Waals surface area contributed by atoms with Crippen LogP contribution in [-0.4, -0.2) is 15.9 Å². The summed E-state index contributed by atoms with van der Waals surface area (Å²) in [6.45, 7) is 0. The van der Waals surface area contributed by atoms with Crippen molar-refractivity contribution in [2.45, 2.75) is 6.42 Å². The molecule has 0 aliphatic heterocycles. The Balaban J connectivity index is 1.43. The number of hydrogen-bond donors (Lipinski definition) is 1. The Morgan fingerprint density at radius 1 is 1.27 bits per heavy atom. The number of hydrogen-bond acceptors (Lipinski definition) is 6. The molecule has 0 radical (unpaired) electrons.